The average molecular weight is 213 g/mol. The van der Waals surface area contributed by atoms with Gasteiger partial charge >= 0.3 is 0 Å². The molecule has 0 saturated carbocycles. The van der Waals surface area contributed by atoms with Crippen LogP contribution in [0.2, 0.25) is 0 Å². The second kappa shape index (κ2) is 3.71. The van der Waals surface area contributed by atoms with E-state index in [1.807, 2.05) is 0 Å². The van der Waals surface area contributed by atoms with E-state index in [1.54, 1.807) is 18.2 Å². The highest BCUT2D eigenvalue weighted by Gasteiger charge is 2.26. The Morgan fingerprint density at radius 1 is 1.14 bits per heavy atom. The van der Waals surface area contributed by atoms with E-state index in [4.69, 9.17) is 0 Å². The maximum absolute atomic E-state index is 11.6. The molecule has 0 amide bonds. The molecule has 0 aromatic heterocycles. The van der Waals surface area contributed by atoms with Crippen LogP contribution in [0.4, 0.5) is 0 Å². The first-order valence-electron chi connectivity index (χ1n) is 4.29. The van der Waals surface area contributed by atoms with E-state index < -0.39 is 15.4 Å². The standard InChI is InChI=1S/C10H13O3S/c1-10(2,11)8-14(12,13)9-6-4-3-5-7-9/h3-7H,8H2,1-2H3. The highest BCUT2D eigenvalue weighted by molar-refractivity contribution is 7.91. The van der Waals surface area contributed by atoms with Gasteiger partial charge in [0.1, 0.15) is 5.60 Å². The van der Waals surface area contributed by atoms with Crippen LogP contribution in [-0.4, -0.2) is 19.8 Å². The van der Waals surface area contributed by atoms with Crippen LogP contribution in [0.5, 0.6) is 0 Å². The van der Waals surface area contributed by atoms with Gasteiger partial charge in [-0.15, -0.1) is 0 Å². The second-order valence-electron chi connectivity index (χ2n) is 3.83. The van der Waals surface area contributed by atoms with Gasteiger partial charge < -0.3 is 0 Å². The van der Waals surface area contributed by atoms with Gasteiger partial charge in [0.2, 0.25) is 0 Å². The monoisotopic (exact) mass is 213 g/mol. The molecule has 1 radical (unpaired) electrons. The van der Waals surface area contributed by atoms with Crippen molar-refractivity contribution in [3.05, 3.63) is 30.3 Å². The zero-order chi connectivity index (χ0) is 10.8. The molecule has 0 atom stereocenters. The first kappa shape index (κ1) is 11.2. The summed E-state index contributed by atoms with van der Waals surface area (Å²) in [5.41, 5.74) is -1.45. The number of hydrogen-bond donors (Lipinski definition) is 0. The number of hydrogen-bond acceptors (Lipinski definition) is 2. The Balaban J connectivity index is 2.99. The van der Waals surface area contributed by atoms with Crippen LogP contribution in [0.15, 0.2) is 35.2 Å². The third-order valence-corrected chi connectivity index (χ3v) is 3.71. The van der Waals surface area contributed by atoms with Crippen molar-refractivity contribution in [2.24, 2.45) is 0 Å². The fourth-order valence-corrected chi connectivity index (χ4v) is 2.82. The van der Waals surface area contributed by atoms with Crippen LogP contribution in [0, 0.1) is 0 Å². The van der Waals surface area contributed by atoms with Crippen LogP contribution >= 0.6 is 0 Å². The number of rotatable bonds is 3. The van der Waals surface area contributed by atoms with Crippen LogP contribution in [-0.2, 0) is 14.9 Å². The summed E-state index contributed by atoms with van der Waals surface area (Å²) < 4.78 is 23.3. The molecule has 0 aliphatic rings. The summed E-state index contributed by atoms with van der Waals surface area (Å²) in [5, 5.41) is 11.3. The normalized spacial score (nSPS) is 12.8. The lowest BCUT2D eigenvalue weighted by Gasteiger charge is -2.14. The van der Waals surface area contributed by atoms with Gasteiger partial charge in [0.15, 0.2) is 9.84 Å². The zero-order valence-corrected chi connectivity index (χ0v) is 9.04. The van der Waals surface area contributed by atoms with Gasteiger partial charge in [0.05, 0.1) is 10.6 Å². The Bertz CT molecular complexity index is 387. The third kappa shape index (κ3) is 3.12. The Labute approximate surface area is 84.3 Å². The van der Waals surface area contributed by atoms with Crippen molar-refractivity contribution < 1.29 is 13.5 Å². The largest absolute Gasteiger partial charge is 0.229 e. The van der Waals surface area contributed by atoms with Crippen molar-refractivity contribution in [3.63, 3.8) is 0 Å². The van der Waals surface area contributed by atoms with Gasteiger partial charge in [-0.1, -0.05) is 18.2 Å². The molecule has 14 heavy (non-hydrogen) atoms. The van der Waals surface area contributed by atoms with Crippen molar-refractivity contribution in [3.8, 4) is 0 Å². The molecule has 0 aliphatic heterocycles. The van der Waals surface area contributed by atoms with Crippen molar-refractivity contribution in [1.82, 2.24) is 0 Å². The summed E-state index contributed by atoms with van der Waals surface area (Å²) in [6.07, 6.45) is 0. The van der Waals surface area contributed by atoms with E-state index in [0.717, 1.165) is 0 Å². The maximum atomic E-state index is 11.6. The first-order valence-corrected chi connectivity index (χ1v) is 5.95. The minimum Gasteiger partial charge on any atom is -0.229 e. The SMILES string of the molecule is CC(C)([O])CS(=O)(=O)c1ccccc1. The molecule has 0 spiro atoms. The second-order valence-corrected chi connectivity index (χ2v) is 5.82. The topological polar surface area (TPSA) is 54.0 Å². The van der Waals surface area contributed by atoms with Crippen molar-refractivity contribution in [1.29, 1.82) is 0 Å². The minimum atomic E-state index is -3.43. The predicted molar refractivity (Wildman–Crippen MR) is 53.3 cm³/mol. The van der Waals surface area contributed by atoms with E-state index in [9.17, 15) is 13.5 Å². The summed E-state index contributed by atoms with van der Waals surface area (Å²) in [6.45, 7) is 2.74. The summed E-state index contributed by atoms with van der Waals surface area (Å²) >= 11 is 0. The van der Waals surface area contributed by atoms with Crippen LogP contribution in [0.25, 0.3) is 0 Å². The molecular formula is C10H13O3S. The molecule has 77 valence electrons. The summed E-state index contributed by atoms with van der Waals surface area (Å²) in [7, 11) is -3.43. The first-order chi connectivity index (χ1) is 6.31. The molecule has 0 heterocycles. The minimum absolute atomic E-state index is 0.212. The lowest BCUT2D eigenvalue weighted by molar-refractivity contribution is 0.0249. The molecule has 3 nitrogen and oxygen atoms in total. The smallest absolute Gasteiger partial charge is 0.181 e. The molecule has 1 rings (SSSR count). The molecule has 4 heteroatoms. The molecule has 0 saturated heterocycles. The van der Waals surface area contributed by atoms with Crippen LogP contribution in [0.1, 0.15) is 13.8 Å². The Morgan fingerprint density at radius 3 is 2.07 bits per heavy atom. The van der Waals surface area contributed by atoms with Crippen molar-refractivity contribution in [2.75, 3.05) is 5.75 Å². The quantitative estimate of drug-likeness (QED) is 0.766. The Kier molecular flexibility index (Phi) is 2.97. The van der Waals surface area contributed by atoms with Crippen molar-refractivity contribution in [2.45, 2.75) is 24.3 Å². The van der Waals surface area contributed by atoms with Gasteiger partial charge in [-0.05, 0) is 26.0 Å². The molecule has 0 N–H and O–H groups in total. The highest BCUT2D eigenvalue weighted by Crippen LogP contribution is 2.15. The number of sulfone groups is 1. The fourth-order valence-electron chi connectivity index (χ4n) is 1.17. The molecule has 0 bridgehead atoms. The van der Waals surface area contributed by atoms with E-state index in [-0.39, 0.29) is 10.6 Å². The van der Waals surface area contributed by atoms with E-state index >= 15 is 0 Å². The molecule has 0 unspecified atom stereocenters. The number of benzene rings is 1. The van der Waals surface area contributed by atoms with Gasteiger partial charge in [-0.2, -0.15) is 0 Å². The van der Waals surface area contributed by atoms with Gasteiger partial charge in [-0.25, -0.2) is 13.5 Å². The highest BCUT2D eigenvalue weighted by atomic mass is 32.2. The van der Waals surface area contributed by atoms with E-state index in [0.29, 0.717) is 0 Å². The van der Waals surface area contributed by atoms with E-state index in [2.05, 4.69) is 0 Å². The van der Waals surface area contributed by atoms with Gasteiger partial charge in [0, 0.05) is 0 Å². The lowest BCUT2D eigenvalue weighted by atomic mass is 10.2. The fraction of sp³-hybridized carbons (Fsp3) is 0.400. The molecule has 1 aromatic rings. The van der Waals surface area contributed by atoms with E-state index in [1.165, 1.54) is 26.0 Å². The molecule has 1 aromatic carbocycles. The molecular weight excluding hydrogens is 200 g/mol. The molecule has 0 fully saturated rings. The average Bonchev–Trinajstić information content (AvgIpc) is 2.01. The Morgan fingerprint density at radius 2 is 1.64 bits per heavy atom. The summed E-state index contributed by atoms with van der Waals surface area (Å²) in [6, 6.07) is 8.03. The molecule has 0 aliphatic carbocycles. The lowest BCUT2D eigenvalue weighted by Crippen LogP contribution is -2.28. The van der Waals surface area contributed by atoms with Gasteiger partial charge in [-0.3, -0.25) is 0 Å². The summed E-state index contributed by atoms with van der Waals surface area (Å²) in [5.74, 6) is -0.371. The van der Waals surface area contributed by atoms with Crippen LogP contribution < -0.4 is 0 Å². The maximum Gasteiger partial charge on any atom is 0.181 e. The predicted octanol–water partition coefficient (Wildman–Crippen LogP) is 1.67. The summed E-state index contributed by atoms with van der Waals surface area (Å²) in [4.78, 5) is 0.212. The van der Waals surface area contributed by atoms with Gasteiger partial charge in [0.25, 0.3) is 0 Å². The zero-order valence-electron chi connectivity index (χ0n) is 8.23. The van der Waals surface area contributed by atoms with Crippen molar-refractivity contribution >= 4 is 9.84 Å². The third-order valence-electron chi connectivity index (χ3n) is 1.64. The van der Waals surface area contributed by atoms with Crippen LogP contribution in [0.3, 0.4) is 0 Å². The Hall–Kier alpha value is -0.870.